The van der Waals surface area contributed by atoms with E-state index in [4.69, 9.17) is 0 Å². The summed E-state index contributed by atoms with van der Waals surface area (Å²) in [6, 6.07) is 0. The first-order valence-electron chi connectivity index (χ1n) is 6.35. The largest absolute Gasteiger partial charge is 2.00 e. The summed E-state index contributed by atoms with van der Waals surface area (Å²) in [6.07, 6.45) is 0.250. The van der Waals surface area contributed by atoms with Gasteiger partial charge in [0, 0.05) is 18.6 Å². The second-order valence-corrected chi connectivity index (χ2v) is 4.74. The first kappa shape index (κ1) is 33.2. The van der Waals surface area contributed by atoms with E-state index in [0.29, 0.717) is 0 Å². The van der Waals surface area contributed by atoms with Crippen LogP contribution in [0.3, 0.4) is 0 Å². The van der Waals surface area contributed by atoms with E-state index in [2.05, 4.69) is 0 Å². The molecule has 0 aliphatic rings. The van der Waals surface area contributed by atoms with Gasteiger partial charge in [-0.05, 0) is 41.5 Å². The van der Waals surface area contributed by atoms with Gasteiger partial charge in [0.15, 0.2) is 0 Å². The van der Waals surface area contributed by atoms with Crippen molar-refractivity contribution in [2.24, 2.45) is 0 Å². The Labute approximate surface area is 148 Å². The van der Waals surface area contributed by atoms with E-state index >= 15 is 0 Å². The zero-order valence-electron chi connectivity index (χ0n) is 14.4. The van der Waals surface area contributed by atoms with Crippen LogP contribution in [-0.4, -0.2) is 34.7 Å². The molecule has 0 atom stereocenters. The SMILES string of the molecule is CC(=O)CC(C)=O.CC(=O)CC(C)=O.CC(=O)CC(C)=O.[O-2].[V]. The topological polar surface area (TPSA) is 131 Å². The van der Waals surface area contributed by atoms with Crippen molar-refractivity contribution in [3.8, 4) is 0 Å². The molecule has 0 N–H and O–H groups in total. The summed E-state index contributed by atoms with van der Waals surface area (Å²) in [5.41, 5.74) is 0. The zero-order valence-corrected chi connectivity index (χ0v) is 15.8. The van der Waals surface area contributed by atoms with E-state index in [1.165, 1.54) is 41.5 Å². The monoisotopic (exact) mass is 367 g/mol. The predicted octanol–water partition coefficient (Wildman–Crippen LogP) is 1.54. The number of rotatable bonds is 6. The molecule has 0 spiro atoms. The number of Topliss-reactive ketones (excluding diaryl/α,β-unsaturated/α-hetero) is 6. The molecule has 0 heterocycles. The Morgan fingerprint density at radius 1 is 0.435 bits per heavy atom. The van der Waals surface area contributed by atoms with E-state index in [1.807, 2.05) is 0 Å². The molecule has 0 aromatic heterocycles. The first-order valence-corrected chi connectivity index (χ1v) is 6.35. The molecule has 0 rings (SSSR count). The molecule has 23 heavy (non-hydrogen) atoms. The van der Waals surface area contributed by atoms with Crippen LogP contribution >= 0.6 is 0 Å². The van der Waals surface area contributed by atoms with Crippen LogP contribution < -0.4 is 0 Å². The Hall–Kier alpha value is -1.44. The maximum absolute atomic E-state index is 10.0. The molecule has 0 saturated carbocycles. The van der Waals surface area contributed by atoms with Gasteiger partial charge in [0.2, 0.25) is 0 Å². The fraction of sp³-hybridized carbons (Fsp3) is 0.600. The number of hydrogen-bond donors (Lipinski definition) is 0. The predicted molar refractivity (Wildman–Crippen MR) is 78.6 cm³/mol. The average Bonchev–Trinajstić information content (AvgIpc) is 2.10. The van der Waals surface area contributed by atoms with Crippen molar-refractivity contribution < 1.29 is 52.8 Å². The van der Waals surface area contributed by atoms with Crippen LogP contribution in [0, 0.1) is 0 Å². The Kier molecular flexibility index (Phi) is 29.7. The van der Waals surface area contributed by atoms with E-state index in [-0.39, 0.29) is 78.0 Å². The third-order valence-electron chi connectivity index (χ3n) is 1.49. The van der Waals surface area contributed by atoms with E-state index in [1.54, 1.807) is 0 Å². The van der Waals surface area contributed by atoms with E-state index in [9.17, 15) is 28.8 Å². The smallest absolute Gasteiger partial charge is 0.137 e. The average molecular weight is 367 g/mol. The van der Waals surface area contributed by atoms with E-state index in [0.717, 1.165) is 0 Å². The van der Waals surface area contributed by atoms with Gasteiger partial charge in [-0.25, -0.2) is 0 Å². The zero-order chi connectivity index (χ0) is 17.6. The first-order chi connectivity index (χ1) is 9.38. The van der Waals surface area contributed by atoms with Gasteiger partial charge in [-0.2, -0.15) is 0 Å². The van der Waals surface area contributed by atoms with Gasteiger partial charge in [0.1, 0.15) is 34.7 Å². The van der Waals surface area contributed by atoms with Gasteiger partial charge in [0.25, 0.3) is 0 Å². The van der Waals surface area contributed by atoms with Gasteiger partial charge in [-0.1, -0.05) is 0 Å². The molecule has 0 aliphatic heterocycles. The summed E-state index contributed by atoms with van der Waals surface area (Å²) in [5, 5.41) is 0. The van der Waals surface area contributed by atoms with Crippen molar-refractivity contribution in [1.29, 1.82) is 0 Å². The van der Waals surface area contributed by atoms with Crippen molar-refractivity contribution in [3.05, 3.63) is 0 Å². The molecule has 1 radical (unpaired) electrons. The summed E-state index contributed by atoms with van der Waals surface area (Å²) in [4.78, 5) is 60.2. The molecular formula is C15H24O7V-2. The van der Waals surface area contributed by atoms with Gasteiger partial charge in [0.05, 0.1) is 19.3 Å². The third-order valence-corrected chi connectivity index (χ3v) is 1.49. The standard InChI is InChI=1S/3C5H8O2.O.V/c3*1-4(6)3-5(2)7;;/h3*3H2,1-2H3;;/q;;;-2;. The summed E-state index contributed by atoms with van der Waals surface area (Å²) in [6.45, 7) is 8.42. The molecule has 133 valence electrons. The van der Waals surface area contributed by atoms with Crippen LogP contribution in [0.15, 0.2) is 0 Å². The molecule has 0 aliphatic carbocycles. The van der Waals surface area contributed by atoms with Crippen LogP contribution in [0.2, 0.25) is 0 Å². The molecule has 0 aromatic rings. The van der Waals surface area contributed by atoms with Gasteiger partial charge >= 0.3 is 0 Å². The van der Waals surface area contributed by atoms with Crippen molar-refractivity contribution in [2.75, 3.05) is 0 Å². The minimum absolute atomic E-state index is 0. The van der Waals surface area contributed by atoms with Crippen LogP contribution in [0.1, 0.15) is 60.8 Å². The summed E-state index contributed by atoms with van der Waals surface area (Å²) >= 11 is 0. The number of carbonyl (C=O) groups excluding carboxylic acids is 6. The fourth-order valence-electron chi connectivity index (χ4n) is 1.05. The quantitative estimate of drug-likeness (QED) is 0.654. The molecule has 8 heteroatoms. The Morgan fingerprint density at radius 3 is 0.522 bits per heavy atom. The van der Waals surface area contributed by atoms with Gasteiger partial charge in [-0.15, -0.1) is 0 Å². The van der Waals surface area contributed by atoms with Crippen LogP contribution in [-0.2, 0) is 52.8 Å². The summed E-state index contributed by atoms with van der Waals surface area (Å²) in [7, 11) is 0. The van der Waals surface area contributed by atoms with Crippen molar-refractivity contribution in [2.45, 2.75) is 60.8 Å². The normalized spacial score (nSPS) is 7.57. The molecule has 0 saturated heterocycles. The second kappa shape index (κ2) is 20.6. The maximum Gasteiger partial charge on any atom is 0.137 e. The summed E-state index contributed by atoms with van der Waals surface area (Å²) < 4.78 is 0. The minimum atomic E-state index is -0.0625. The van der Waals surface area contributed by atoms with Gasteiger partial charge in [-0.3, -0.25) is 28.8 Å². The molecule has 0 unspecified atom stereocenters. The second-order valence-electron chi connectivity index (χ2n) is 4.74. The molecule has 0 amide bonds. The van der Waals surface area contributed by atoms with Gasteiger partial charge < -0.3 is 5.48 Å². The number of carbonyl (C=O) groups is 6. The Morgan fingerprint density at radius 2 is 0.522 bits per heavy atom. The van der Waals surface area contributed by atoms with Crippen LogP contribution in [0.25, 0.3) is 0 Å². The van der Waals surface area contributed by atoms with Crippen LogP contribution in [0.4, 0.5) is 0 Å². The molecular weight excluding hydrogens is 343 g/mol. The Balaban J connectivity index is -0.0000000675. The van der Waals surface area contributed by atoms with E-state index < -0.39 is 0 Å². The molecule has 7 nitrogen and oxygen atoms in total. The van der Waals surface area contributed by atoms with Crippen molar-refractivity contribution in [1.82, 2.24) is 0 Å². The third kappa shape index (κ3) is 63.5. The maximum atomic E-state index is 10.0. The molecule has 0 aromatic carbocycles. The molecule has 0 fully saturated rings. The Bertz CT molecular complexity index is 316. The van der Waals surface area contributed by atoms with Crippen molar-refractivity contribution in [3.63, 3.8) is 0 Å². The van der Waals surface area contributed by atoms with Crippen molar-refractivity contribution >= 4 is 34.7 Å². The number of hydrogen-bond acceptors (Lipinski definition) is 6. The van der Waals surface area contributed by atoms with Crippen LogP contribution in [0.5, 0.6) is 0 Å². The fourth-order valence-corrected chi connectivity index (χ4v) is 1.05. The minimum Gasteiger partial charge on any atom is -2.00 e. The molecule has 0 bridgehead atoms. The number of ketones is 6. The summed E-state index contributed by atoms with van der Waals surface area (Å²) in [5.74, 6) is -0.375.